The lowest BCUT2D eigenvalue weighted by atomic mass is 9.86. The number of allylic oxidation sites excluding steroid dienone is 2. The highest BCUT2D eigenvalue weighted by atomic mass is 14.2. The molecule has 0 aliphatic heterocycles. The van der Waals surface area contributed by atoms with Crippen LogP contribution in [0, 0.1) is 5.92 Å². The average molecular weight is 96.2 g/mol. The van der Waals surface area contributed by atoms with Gasteiger partial charge in [-0.2, -0.15) is 0 Å². The molecule has 40 valence electrons. The van der Waals surface area contributed by atoms with Crippen LogP contribution in [0.25, 0.3) is 0 Å². The molecule has 1 aliphatic carbocycles. The van der Waals surface area contributed by atoms with E-state index in [9.17, 15) is 0 Å². The lowest BCUT2D eigenvalue weighted by molar-refractivity contribution is 0.559. The third kappa shape index (κ3) is 0.846. The van der Waals surface area contributed by atoms with Crippen molar-refractivity contribution >= 4 is 0 Å². The number of hydrogen-bond donors (Lipinski definition) is 0. The molecule has 0 spiro atoms. The van der Waals surface area contributed by atoms with Gasteiger partial charge < -0.3 is 0 Å². The van der Waals surface area contributed by atoms with Crippen molar-refractivity contribution in [3.8, 4) is 0 Å². The second kappa shape index (κ2) is 1.69. The van der Waals surface area contributed by atoms with Gasteiger partial charge in [0.1, 0.15) is 0 Å². The lowest BCUT2D eigenvalue weighted by Crippen LogP contribution is -2.05. The summed E-state index contributed by atoms with van der Waals surface area (Å²) in [6.45, 7) is 4.44. The van der Waals surface area contributed by atoms with Crippen LogP contribution in [0.4, 0.5) is 0 Å². The second-order valence-electron chi connectivity index (χ2n) is 2.39. The Bertz CT molecular complexity index is 90.2. The average Bonchev–Trinajstić information content (AvgIpc) is 1.58. The lowest BCUT2D eigenvalue weighted by Gasteiger charge is -2.20. The van der Waals surface area contributed by atoms with Gasteiger partial charge in [0.2, 0.25) is 0 Å². The maximum absolute atomic E-state index is 2.36. The van der Waals surface area contributed by atoms with Gasteiger partial charge in [0.25, 0.3) is 0 Å². The molecule has 7 heavy (non-hydrogen) atoms. The predicted octanol–water partition coefficient (Wildman–Crippen LogP) is 2.36. The molecule has 0 radical (unpaired) electrons. The van der Waals surface area contributed by atoms with Gasteiger partial charge in [-0.1, -0.05) is 18.6 Å². The summed E-state index contributed by atoms with van der Waals surface area (Å²) in [6.07, 6.45) is 5.05. The molecule has 1 aliphatic rings. The molecule has 1 rings (SSSR count). The summed E-state index contributed by atoms with van der Waals surface area (Å²) in [5.74, 6) is 0.931. The summed E-state index contributed by atoms with van der Waals surface area (Å²) in [4.78, 5) is 0. The van der Waals surface area contributed by atoms with Crippen LogP contribution in [-0.4, -0.2) is 0 Å². The molecule has 0 N–H and O–H groups in total. The molecule has 0 aromatic heterocycles. The van der Waals surface area contributed by atoms with Crippen molar-refractivity contribution in [1.29, 1.82) is 0 Å². The van der Waals surface area contributed by atoms with E-state index in [1.807, 2.05) is 0 Å². The van der Waals surface area contributed by atoms with Crippen molar-refractivity contribution in [1.82, 2.24) is 0 Å². The van der Waals surface area contributed by atoms with E-state index in [-0.39, 0.29) is 0 Å². The van der Waals surface area contributed by atoms with Crippen LogP contribution in [0.1, 0.15) is 26.7 Å². The molecular formula is C7H12. The molecule has 1 atom stereocenters. The van der Waals surface area contributed by atoms with Crippen molar-refractivity contribution < 1.29 is 0 Å². The van der Waals surface area contributed by atoms with Gasteiger partial charge in [0.05, 0.1) is 0 Å². The Labute approximate surface area is 45.2 Å². The smallest absolute Gasteiger partial charge is 0.0196 e. The third-order valence-electron chi connectivity index (χ3n) is 1.63. The largest absolute Gasteiger partial charge is 0.0822 e. The maximum Gasteiger partial charge on any atom is -0.0196 e. The van der Waals surface area contributed by atoms with Crippen molar-refractivity contribution in [2.24, 2.45) is 5.92 Å². The van der Waals surface area contributed by atoms with Crippen LogP contribution in [0.3, 0.4) is 0 Å². The fourth-order valence-electron chi connectivity index (χ4n) is 1.04. The van der Waals surface area contributed by atoms with E-state index in [1.165, 1.54) is 12.8 Å². The van der Waals surface area contributed by atoms with E-state index in [1.54, 1.807) is 5.57 Å². The molecule has 0 fully saturated rings. The van der Waals surface area contributed by atoms with E-state index < -0.39 is 0 Å². The van der Waals surface area contributed by atoms with E-state index in [2.05, 4.69) is 19.9 Å². The summed E-state index contributed by atoms with van der Waals surface area (Å²) in [5.41, 5.74) is 1.58. The zero-order valence-corrected chi connectivity index (χ0v) is 5.07. The molecule has 1 unspecified atom stereocenters. The monoisotopic (exact) mass is 96.1 g/mol. The quantitative estimate of drug-likeness (QED) is 0.439. The van der Waals surface area contributed by atoms with E-state index in [4.69, 9.17) is 0 Å². The minimum Gasteiger partial charge on any atom is -0.0822 e. The molecule has 0 heterocycles. The Balaban J connectivity index is 2.31. The first-order valence-corrected chi connectivity index (χ1v) is 3.00. The van der Waals surface area contributed by atoms with Gasteiger partial charge in [0.15, 0.2) is 0 Å². The highest BCUT2D eigenvalue weighted by molar-refractivity contribution is 5.13. The second-order valence-corrected chi connectivity index (χ2v) is 2.39. The minimum atomic E-state index is 0.931. The zero-order valence-electron chi connectivity index (χ0n) is 5.07. The third-order valence-corrected chi connectivity index (χ3v) is 1.63. The minimum absolute atomic E-state index is 0.931. The summed E-state index contributed by atoms with van der Waals surface area (Å²) in [7, 11) is 0. The molecule has 0 bridgehead atoms. The van der Waals surface area contributed by atoms with Gasteiger partial charge >= 0.3 is 0 Å². The van der Waals surface area contributed by atoms with Crippen LogP contribution >= 0.6 is 0 Å². The summed E-state index contributed by atoms with van der Waals surface area (Å²) >= 11 is 0. The molecule has 0 saturated heterocycles. The van der Waals surface area contributed by atoms with Crippen LogP contribution in [0.5, 0.6) is 0 Å². The van der Waals surface area contributed by atoms with Gasteiger partial charge in [0, 0.05) is 0 Å². The Kier molecular flexibility index (Phi) is 1.18. The maximum atomic E-state index is 2.36. The zero-order chi connectivity index (χ0) is 5.28. The molecule has 0 heteroatoms. The Morgan fingerprint density at radius 3 is 2.57 bits per heavy atom. The molecule has 0 aromatic rings. The normalized spacial score (nSPS) is 28.9. The molecule has 0 nitrogen and oxygen atoms in total. The van der Waals surface area contributed by atoms with Crippen LogP contribution < -0.4 is 0 Å². The van der Waals surface area contributed by atoms with Crippen molar-refractivity contribution in [3.05, 3.63) is 11.6 Å². The summed E-state index contributed by atoms with van der Waals surface area (Å²) in [6, 6.07) is 0. The molecule has 0 amide bonds. The first-order chi connectivity index (χ1) is 3.33. The topological polar surface area (TPSA) is 0 Å². The van der Waals surface area contributed by atoms with Crippen molar-refractivity contribution in [2.75, 3.05) is 0 Å². The summed E-state index contributed by atoms with van der Waals surface area (Å²) in [5, 5.41) is 0. The molecule has 0 aromatic carbocycles. The first kappa shape index (κ1) is 4.89. The highest BCUT2D eigenvalue weighted by Gasteiger charge is 2.11. The van der Waals surface area contributed by atoms with E-state index >= 15 is 0 Å². The number of rotatable bonds is 1. The van der Waals surface area contributed by atoms with Gasteiger partial charge in [-0.05, 0) is 25.7 Å². The Morgan fingerprint density at radius 2 is 2.43 bits per heavy atom. The molecular weight excluding hydrogens is 84.1 g/mol. The van der Waals surface area contributed by atoms with E-state index in [0.717, 1.165) is 5.92 Å². The molecule has 0 saturated carbocycles. The fourth-order valence-corrected chi connectivity index (χ4v) is 1.04. The first-order valence-electron chi connectivity index (χ1n) is 3.00. The standard InChI is InChI=1S/C7H12/c1-3-7-4-6(2)5-7/h4,7H,3,5H2,1-2H3. The van der Waals surface area contributed by atoms with Crippen LogP contribution in [0.15, 0.2) is 11.6 Å². The van der Waals surface area contributed by atoms with Crippen molar-refractivity contribution in [2.45, 2.75) is 26.7 Å². The SMILES string of the molecule is CCC1C=C(C)C1. The van der Waals surface area contributed by atoms with Gasteiger partial charge in [-0.15, -0.1) is 0 Å². The van der Waals surface area contributed by atoms with Gasteiger partial charge in [-0.3, -0.25) is 0 Å². The predicted molar refractivity (Wildman–Crippen MR) is 32.2 cm³/mol. The van der Waals surface area contributed by atoms with Crippen molar-refractivity contribution in [3.63, 3.8) is 0 Å². The Hall–Kier alpha value is -0.260. The Morgan fingerprint density at radius 1 is 1.86 bits per heavy atom. The highest BCUT2D eigenvalue weighted by Crippen LogP contribution is 2.26. The van der Waals surface area contributed by atoms with Crippen LogP contribution in [-0.2, 0) is 0 Å². The fraction of sp³-hybridized carbons (Fsp3) is 0.714. The summed E-state index contributed by atoms with van der Waals surface area (Å²) < 4.78 is 0. The van der Waals surface area contributed by atoms with E-state index in [0.29, 0.717) is 0 Å². The number of hydrogen-bond acceptors (Lipinski definition) is 0. The van der Waals surface area contributed by atoms with Crippen LogP contribution in [0.2, 0.25) is 0 Å². The van der Waals surface area contributed by atoms with Gasteiger partial charge in [-0.25, -0.2) is 0 Å².